The summed E-state index contributed by atoms with van der Waals surface area (Å²) in [5.74, 6) is -1.54. The number of carboxylic acid groups (broad SMARTS) is 1. The van der Waals surface area contributed by atoms with Crippen molar-refractivity contribution in [1.29, 1.82) is 0 Å². The van der Waals surface area contributed by atoms with Gasteiger partial charge in [-0.05, 0) is 50.2 Å². The molecule has 1 saturated heterocycles. The van der Waals surface area contributed by atoms with Gasteiger partial charge < -0.3 is 10.0 Å². The van der Waals surface area contributed by atoms with Gasteiger partial charge >= 0.3 is 5.97 Å². The number of carbonyl (C=O) groups is 2. The number of ketones is 1. The summed E-state index contributed by atoms with van der Waals surface area (Å²) in [4.78, 5) is 25.8. The summed E-state index contributed by atoms with van der Waals surface area (Å²) in [6.45, 7) is 2.42. The zero-order chi connectivity index (χ0) is 15.2. The number of piperidine rings is 1. The number of rotatable bonds is 6. The molecule has 1 unspecified atom stereocenters. The highest BCUT2D eigenvalue weighted by Gasteiger charge is 2.26. The Morgan fingerprint density at radius 1 is 1.14 bits per heavy atom. The van der Waals surface area contributed by atoms with Gasteiger partial charge in [0.25, 0.3) is 0 Å². The summed E-state index contributed by atoms with van der Waals surface area (Å²) in [6, 6.07) is 6.65. The number of carboxylic acids is 1. The molecule has 0 amide bonds. The molecule has 1 N–H and O–H groups in total. The Bertz CT molecular complexity index is 499. The molecule has 1 aliphatic rings. The van der Waals surface area contributed by atoms with Crippen molar-refractivity contribution in [3.05, 3.63) is 34.9 Å². The third kappa shape index (κ3) is 5.59. The van der Waals surface area contributed by atoms with Crippen molar-refractivity contribution in [2.75, 3.05) is 19.6 Å². The van der Waals surface area contributed by atoms with E-state index >= 15 is 0 Å². The molecule has 1 heterocycles. The normalized spacial score (nSPS) is 16.6. The summed E-state index contributed by atoms with van der Waals surface area (Å²) in [6.07, 6.45) is 3.33. The highest BCUT2D eigenvalue weighted by molar-refractivity contribution is 6.30. The molecule has 1 atom stereocenters. The van der Waals surface area contributed by atoms with Gasteiger partial charge in [0.15, 0.2) is 5.78 Å². The van der Waals surface area contributed by atoms with Gasteiger partial charge in [0, 0.05) is 23.0 Å². The van der Waals surface area contributed by atoms with Crippen molar-refractivity contribution < 1.29 is 14.7 Å². The second-order valence-corrected chi connectivity index (χ2v) is 5.96. The average molecular weight is 346 g/mol. The minimum absolute atomic E-state index is 0. The molecular formula is C16H21Cl2NO3. The van der Waals surface area contributed by atoms with E-state index in [2.05, 4.69) is 4.90 Å². The van der Waals surface area contributed by atoms with Gasteiger partial charge in [-0.15, -0.1) is 12.4 Å². The molecule has 0 bridgehead atoms. The van der Waals surface area contributed by atoms with Gasteiger partial charge in [0.1, 0.15) is 0 Å². The smallest absolute Gasteiger partial charge is 0.304 e. The number of Topliss-reactive ketones (excluding diaryl/α,β-unsaturated/α-hetero) is 1. The van der Waals surface area contributed by atoms with Crippen LogP contribution in [-0.4, -0.2) is 41.4 Å². The fraction of sp³-hybridized carbons (Fsp3) is 0.500. The van der Waals surface area contributed by atoms with Crippen LogP contribution in [0.5, 0.6) is 0 Å². The van der Waals surface area contributed by atoms with E-state index in [1.54, 1.807) is 24.3 Å². The zero-order valence-electron chi connectivity index (χ0n) is 12.3. The third-order valence-corrected chi connectivity index (χ3v) is 4.10. The van der Waals surface area contributed by atoms with Gasteiger partial charge in [-0.3, -0.25) is 9.59 Å². The van der Waals surface area contributed by atoms with Crippen LogP contribution < -0.4 is 0 Å². The molecule has 1 fully saturated rings. The second kappa shape index (κ2) is 9.13. The molecule has 22 heavy (non-hydrogen) atoms. The maximum absolute atomic E-state index is 12.5. The van der Waals surface area contributed by atoms with Gasteiger partial charge in [0.05, 0.1) is 6.42 Å². The number of likely N-dealkylation sites (tertiary alicyclic amines) is 1. The predicted octanol–water partition coefficient (Wildman–Crippen LogP) is 3.52. The first-order valence-electron chi connectivity index (χ1n) is 7.30. The highest BCUT2D eigenvalue weighted by Crippen LogP contribution is 2.19. The van der Waals surface area contributed by atoms with Crippen LogP contribution in [0.25, 0.3) is 0 Å². The van der Waals surface area contributed by atoms with Crippen LogP contribution in [0.4, 0.5) is 0 Å². The van der Waals surface area contributed by atoms with Crippen LogP contribution in [0, 0.1) is 5.92 Å². The summed E-state index contributed by atoms with van der Waals surface area (Å²) in [5, 5.41) is 9.63. The zero-order valence-corrected chi connectivity index (χ0v) is 13.9. The lowest BCUT2D eigenvalue weighted by molar-refractivity contribution is -0.137. The largest absolute Gasteiger partial charge is 0.481 e. The summed E-state index contributed by atoms with van der Waals surface area (Å²) in [5.41, 5.74) is 0.530. The van der Waals surface area contributed by atoms with Crippen molar-refractivity contribution in [2.24, 2.45) is 5.92 Å². The molecule has 122 valence electrons. The second-order valence-electron chi connectivity index (χ2n) is 5.53. The SMILES string of the molecule is Cl.O=C(O)CC(CN1CCCCC1)C(=O)c1ccc(Cl)cc1. The van der Waals surface area contributed by atoms with E-state index in [0.29, 0.717) is 17.1 Å². The minimum Gasteiger partial charge on any atom is -0.481 e. The van der Waals surface area contributed by atoms with Crippen LogP contribution in [0.15, 0.2) is 24.3 Å². The maximum atomic E-state index is 12.5. The Hall–Kier alpha value is -1.10. The predicted molar refractivity (Wildman–Crippen MR) is 89.1 cm³/mol. The molecule has 6 heteroatoms. The number of hydrogen-bond donors (Lipinski definition) is 1. The van der Waals surface area contributed by atoms with Gasteiger partial charge in [0.2, 0.25) is 0 Å². The Morgan fingerprint density at radius 3 is 2.27 bits per heavy atom. The molecule has 0 radical (unpaired) electrons. The van der Waals surface area contributed by atoms with Crippen LogP contribution >= 0.6 is 24.0 Å². The number of aliphatic carboxylic acids is 1. The van der Waals surface area contributed by atoms with Crippen molar-refractivity contribution in [2.45, 2.75) is 25.7 Å². The van der Waals surface area contributed by atoms with E-state index in [1.807, 2.05) is 0 Å². The molecule has 0 spiro atoms. The van der Waals surface area contributed by atoms with Crippen LogP contribution in [0.2, 0.25) is 5.02 Å². The number of carbonyl (C=O) groups excluding carboxylic acids is 1. The Labute approximate surface area is 141 Å². The molecule has 1 aliphatic heterocycles. The van der Waals surface area contributed by atoms with Crippen molar-refractivity contribution in [3.63, 3.8) is 0 Å². The lowest BCUT2D eigenvalue weighted by Crippen LogP contribution is -2.37. The molecule has 0 saturated carbocycles. The first kappa shape index (κ1) is 18.9. The average Bonchev–Trinajstić information content (AvgIpc) is 2.47. The Morgan fingerprint density at radius 2 is 1.73 bits per heavy atom. The quantitative estimate of drug-likeness (QED) is 0.801. The summed E-state index contributed by atoms with van der Waals surface area (Å²) in [7, 11) is 0. The summed E-state index contributed by atoms with van der Waals surface area (Å²) >= 11 is 5.82. The van der Waals surface area contributed by atoms with E-state index < -0.39 is 11.9 Å². The van der Waals surface area contributed by atoms with E-state index in [-0.39, 0.29) is 24.6 Å². The number of nitrogens with zero attached hydrogens (tertiary/aromatic N) is 1. The van der Waals surface area contributed by atoms with Gasteiger partial charge in [-0.1, -0.05) is 18.0 Å². The topological polar surface area (TPSA) is 57.6 Å². The maximum Gasteiger partial charge on any atom is 0.304 e. The lowest BCUT2D eigenvalue weighted by atomic mass is 9.93. The van der Waals surface area contributed by atoms with Crippen LogP contribution in [0.1, 0.15) is 36.0 Å². The van der Waals surface area contributed by atoms with Crippen molar-refractivity contribution in [1.82, 2.24) is 4.90 Å². The van der Waals surface area contributed by atoms with Crippen molar-refractivity contribution >= 4 is 35.8 Å². The molecule has 2 rings (SSSR count). The molecule has 1 aromatic carbocycles. The molecule has 4 nitrogen and oxygen atoms in total. The van der Waals surface area contributed by atoms with E-state index in [9.17, 15) is 9.59 Å². The monoisotopic (exact) mass is 345 g/mol. The fourth-order valence-electron chi connectivity index (χ4n) is 2.75. The number of hydrogen-bond acceptors (Lipinski definition) is 3. The van der Waals surface area contributed by atoms with E-state index in [0.717, 1.165) is 25.9 Å². The molecule has 0 aliphatic carbocycles. The molecule has 1 aromatic rings. The minimum atomic E-state index is -0.931. The van der Waals surface area contributed by atoms with E-state index in [4.69, 9.17) is 16.7 Å². The lowest BCUT2D eigenvalue weighted by Gasteiger charge is -2.29. The summed E-state index contributed by atoms with van der Waals surface area (Å²) < 4.78 is 0. The standard InChI is InChI=1S/C16H20ClNO3.ClH/c17-14-6-4-12(5-7-14)16(21)13(10-15(19)20)11-18-8-2-1-3-9-18;/h4-7,13H,1-3,8-11H2,(H,19,20);1H. The number of benzene rings is 1. The molecule has 0 aromatic heterocycles. The first-order chi connectivity index (χ1) is 10.1. The van der Waals surface area contributed by atoms with Crippen molar-refractivity contribution in [3.8, 4) is 0 Å². The van der Waals surface area contributed by atoms with Crippen LogP contribution in [-0.2, 0) is 4.79 Å². The Balaban J connectivity index is 0.00000242. The Kier molecular flexibility index (Phi) is 7.87. The fourth-order valence-corrected chi connectivity index (χ4v) is 2.88. The third-order valence-electron chi connectivity index (χ3n) is 3.85. The highest BCUT2D eigenvalue weighted by atomic mass is 35.5. The van der Waals surface area contributed by atoms with Gasteiger partial charge in [-0.25, -0.2) is 0 Å². The first-order valence-corrected chi connectivity index (χ1v) is 7.68. The van der Waals surface area contributed by atoms with Gasteiger partial charge in [-0.2, -0.15) is 0 Å². The van der Waals surface area contributed by atoms with E-state index in [1.165, 1.54) is 6.42 Å². The van der Waals surface area contributed by atoms with Crippen LogP contribution in [0.3, 0.4) is 0 Å². The molecular weight excluding hydrogens is 325 g/mol. The number of halogens is 2.